The van der Waals surface area contributed by atoms with Gasteiger partial charge in [-0.05, 0) is 54.6 Å². The summed E-state index contributed by atoms with van der Waals surface area (Å²) >= 11 is 2.27. The molecule has 88 valence electrons. The molecule has 1 aromatic carbocycles. The van der Waals surface area contributed by atoms with Gasteiger partial charge in [0.1, 0.15) is 0 Å². The van der Waals surface area contributed by atoms with Crippen molar-refractivity contribution in [1.82, 2.24) is 5.32 Å². The first kappa shape index (κ1) is 13.3. The first-order chi connectivity index (χ1) is 7.58. The summed E-state index contributed by atoms with van der Waals surface area (Å²) < 4.78 is 1.19. The lowest BCUT2D eigenvalue weighted by molar-refractivity contribution is -0.121. The van der Waals surface area contributed by atoms with E-state index in [0.29, 0.717) is 13.0 Å². The molecular weight excluding hydrogens is 315 g/mol. The first-order valence-corrected chi connectivity index (χ1v) is 6.44. The fourth-order valence-electron chi connectivity index (χ4n) is 1.31. The Bertz CT molecular complexity index is 353. The van der Waals surface area contributed by atoms with E-state index in [-0.39, 0.29) is 11.9 Å². The van der Waals surface area contributed by atoms with Crippen LogP contribution in [0.5, 0.6) is 0 Å². The molecule has 0 heterocycles. The van der Waals surface area contributed by atoms with Crippen molar-refractivity contribution in [2.45, 2.75) is 26.3 Å². The van der Waals surface area contributed by atoms with Crippen molar-refractivity contribution < 1.29 is 4.79 Å². The summed E-state index contributed by atoms with van der Waals surface area (Å²) in [4.78, 5) is 11.4. The average molecular weight is 332 g/mol. The summed E-state index contributed by atoms with van der Waals surface area (Å²) in [5, 5.41) is 6.08. The zero-order valence-corrected chi connectivity index (χ0v) is 11.7. The Kier molecular flexibility index (Phi) is 5.59. The molecule has 4 heteroatoms. The van der Waals surface area contributed by atoms with Crippen molar-refractivity contribution >= 4 is 34.2 Å². The minimum absolute atomic E-state index is 0.0909. The summed E-state index contributed by atoms with van der Waals surface area (Å²) in [6.07, 6.45) is 0.504. The molecule has 0 aromatic heterocycles. The van der Waals surface area contributed by atoms with Crippen LogP contribution in [0.4, 0.5) is 5.69 Å². The standard InChI is InChI=1S/C12H17IN2O/c1-9(2)15-12(16)6-7-14-11-5-3-4-10(13)8-11/h3-5,8-9,14H,6-7H2,1-2H3,(H,15,16). The third-order valence-electron chi connectivity index (χ3n) is 1.96. The molecule has 0 spiro atoms. The van der Waals surface area contributed by atoms with Crippen molar-refractivity contribution in [3.05, 3.63) is 27.8 Å². The van der Waals surface area contributed by atoms with E-state index >= 15 is 0 Å². The minimum atomic E-state index is 0.0909. The highest BCUT2D eigenvalue weighted by Gasteiger charge is 2.02. The largest absolute Gasteiger partial charge is 0.384 e. The number of benzene rings is 1. The maximum absolute atomic E-state index is 11.4. The molecule has 2 N–H and O–H groups in total. The third-order valence-corrected chi connectivity index (χ3v) is 2.63. The molecule has 0 atom stereocenters. The van der Waals surface area contributed by atoms with Gasteiger partial charge in [0.15, 0.2) is 0 Å². The monoisotopic (exact) mass is 332 g/mol. The molecule has 1 rings (SSSR count). The van der Waals surface area contributed by atoms with Gasteiger partial charge in [0.2, 0.25) is 5.91 Å². The van der Waals surface area contributed by atoms with E-state index in [1.807, 2.05) is 32.0 Å². The molecule has 1 aromatic rings. The Balaban J connectivity index is 2.28. The molecule has 0 fully saturated rings. The Labute approximate surface area is 110 Å². The van der Waals surface area contributed by atoms with Crippen molar-refractivity contribution in [3.8, 4) is 0 Å². The Morgan fingerprint density at radius 1 is 1.44 bits per heavy atom. The van der Waals surface area contributed by atoms with Crippen LogP contribution in [0.15, 0.2) is 24.3 Å². The molecule has 0 saturated carbocycles. The number of carbonyl (C=O) groups is 1. The number of carbonyl (C=O) groups excluding carboxylic acids is 1. The van der Waals surface area contributed by atoms with Crippen molar-refractivity contribution in [2.75, 3.05) is 11.9 Å². The lowest BCUT2D eigenvalue weighted by Gasteiger charge is -2.09. The lowest BCUT2D eigenvalue weighted by atomic mass is 10.3. The number of amides is 1. The number of anilines is 1. The van der Waals surface area contributed by atoms with Crippen molar-refractivity contribution in [1.29, 1.82) is 0 Å². The van der Waals surface area contributed by atoms with Gasteiger partial charge in [-0.25, -0.2) is 0 Å². The van der Waals surface area contributed by atoms with Crippen molar-refractivity contribution in [3.63, 3.8) is 0 Å². The molecule has 3 nitrogen and oxygen atoms in total. The van der Waals surface area contributed by atoms with Gasteiger partial charge < -0.3 is 10.6 Å². The van der Waals surface area contributed by atoms with Crippen LogP contribution in [0.1, 0.15) is 20.3 Å². The highest BCUT2D eigenvalue weighted by molar-refractivity contribution is 14.1. The Morgan fingerprint density at radius 2 is 2.19 bits per heavy atom. The fourth-order valence-corrected chi connectivity index (χ4v) is 1.86. The normalized spacial score (nSPS) is 10.2. The molecule has 0 saturated heterocycles. The summed E-state index contributed by atoms with van der Waals surface area (Å²) in [5.41, 5.74) is 1.06. The van der Waals surface area contributed by atoms with Crippen LogP contribution < -0.4 is 10.6 Å². The molecular formula is C12H17IN2O. The van der Waals surface area contributed by atoms with Crippen LogP contribution in [-0.2, 0) is 4.79 Å². The summed E-state index contributed by atoms with van der Waals surface area (Å²) in [6.45, 7) is 4.59. The van der Waals surface area contributed by atoms with E-state index in [1.165, 1.54) is 3.57 Å². The summed E-state index contributed by atoms with van der Waals surface area (Å²) in [6, 6.07) is 8.31. The second-order valence-electron chi connectivity index (χ2n) is 3.91. The highest BCUT2D eigenvalue weighted by Crippen LogP contribution is 2.11. The topological polar surface area (TPSA) is 41.1 Å². The number of rotatable bonds is 5. The van der Waals surface area contributed by atoms with E-state index in [1.54, 1.807) is 0 Å². The van der Waals surface area contributed by atoms with Gasteiger partial charge in [0.25, 0.3) is 0 Å². The van der Waals surface area contributed by atoms with Gasteiger partial charge in [-0.1, -0.05) is 6.07 Å². The van der Waals surface area contributed by atoms with Crippen LogP contribution >= 0.6 is 22.6 Å². The first-order valence-electron chi connectivity index (χ1n) is 5.36. The lowest BCUT2D eigenvalue weighted by Crippen LogP contribution is -2.31. The maximum Gasteiger partial charge on any atom is 0.221 e. The van der Waals surface area contributed by atoms with Gasteiger partial charge in [-0.2, -0.15) is 0 Å². The Hall–Kier alpha value is -0.780. The van der Waals surface area contributed by atoms with Crippen LogP contribution in [0.2, 0.25) is 0 Å². The number of hydrogen-bond donors (Lipinski definition) is 2. The molecule has 1 amide bonds. The van der Waals surface area contributed by atoms with E-state index in [9.17, 15) is 4.79 Å². The van der Waals surface area contributed by atoms with E-state index in [0.717, 1.165) is 5.69 Å². The number of nitrogens with one attached hydrogen (secondary N) is 2. The Morgan fingerprint density at radius 3 is 2.81 bits per heavy atom. The van der Waals surface area contributed by atoms with Gasteiger partial charge >= 0.3 is 0 Å². The average Bonchev–Trinajstić information content (AvgIpc) is 2.16. The molecule has 0 aliphatic rings. The third kappa shape index (κ3) is 5.34. The zero-order valence-electron chi connectivity index (χ0n) is 9.59. The minimum Gasteiger partial charge on any atom is -0.384 e. The van der Waals surface area contributed by atoms with E-state index < -0.39 is 0 Å². The second kappa shape index (κ2) is 6.73. The van der Waals surface area contributed by atoms with Gasteiger partial charge in [-0.3, -0.25) is 4.79 Å². The molecule has 0 unspecified atom stereocenters. The van der Waals surface area contributed by atoms with Gasteiger partial charge in [-0.15, -0.1) is 0 Å². The molecule has 0 aliphatic carbocycles. The molecule has 0 radical (unpaired) electrons. The molecule has 0 bridgehead atoms. The predicted molar refractivity (Wildman–Crippen MR) is 75.5 cm³/mol. The van der Waals surface area contributed by atoms with E-state index in [2.05, 4.69) is 39.3 Å². The molecule has 0 aliphatic heterocycles. The van der Waals surface area contributed by atoms with Crippen LogP contribution in [0.25, 0.3) is 0 Å². The van der Waals surface area contributed by atoms with E-state index in [4.69, 9.17) is 0 Å². The fraction of sp³-hybridized carbons (Fsp3) is 0.417. The van der Waals surface area contributed by atoms with Gasteiger partial charge in [0.05, 0.1) is 0 Å². The SMILES string of the molecule is CC(C)NC(=O)CCNc1cccc(I)c1. The zero-order chi connectivity index (χ0) is 12.0. The number of halogens is 1. The van der Waals surface area contributed by atoms with Crippen LogP contribution in [-0.4, -0.2) is 18.5 Å². The molecule has 16 heavy (non-hydrogen) atoms. The maximum atomic E-state index is 11.4. The second-order valence-corrected chi connectivity index (χ2v) is 5.15. The van der Waals surface area contributed by atoms with Crippen LogP contribution in [0, 0.1) is 3.57 Å². The predicted octanol–water partition coefficient (Wildman–Crippen LogP) is 2.62. The smallest absolute Gasteiger partial charge is 0.221 e. The summed E-state index contributed by atoms with van der Waals surface area (Å²) in [5.74, 6) is 0.0909. The van der Waals surface area contributed by atoms with Crippen LogP contribution in [0.3, 0.4) is 0 Å². The highest BCUT2D eigenvalue weighted by atomic mass is 127. The quantitative estimate of drug-likeness (QED) is 0.814. The van der Waals surface area contributed by atoms with Crippen molar-refractivity contribution in [2.24, 2.45) is 0 Å². The van der Waals surface area contributed by atoms with Gasteiger partial charge in [0, 0.05) is 28.3 Å². The summed E-state index contributed by atoms with van der Waals surface area (Å²) in [7, 11) is 0. The number of hydrogen-bond acceptors (Lipinski definition) is 2.